The van der Waals surface area contributed by atoms with E-state index in [9.17, 15) is 9.59 Å². The van der Waals surface area contributed by atoms with Gasteiger partial charge in [0.2, 0.25) is 5.91 Å². The zero-order valence-corrected chi connectivity index (χ0v) is 15.4. The summed E-state index contributed by atoms with van der Waals surface area (Å²) in [6, 6.07) is 13.9. The molecule has 1 saturated heterocycles. The van der Waals surface area contributed by atoms with Gasteiger partial charge in [-0.05, 0) is 68.4 Å². The highest BCUT2D eigenvalue weighted by Crippen LogP contribution is 2.16. The van der Waals surface area contributed by atoms with Crippen molar-refractivity contribution in [3.63, 3.8) is 0 Å². The highest BCUT2D eigenvalue weighted by molar-refractivity contribution is 6.04. The minimum absolute atomic E-state index is 0.00607. The minimum atomic E-state index is -0.222. The molecule has 1 aliphatic rings. The van der Waals surface area contributed by atoms with Crippen molar-refractivity contribution in [3.8, 4) is 0 Å². The highest BCUT2D eigenvalue weighted by atomic mass is 16.2. The molecule has 1 aliphatic heterocycles. The lowest BCUT2D eigenvalue weighted by atomic mass is 10.2. The summed E-state index contributed by atoms with van der Waals surface area (Å²) in [5, 5.41) is 5.74. The van der Waals surface area contributed by atoms with E-state index in [1.165, 1.54) is 12.8 Å². The van der Waals surface area contributed by atoms with E-state index in [0.717, 1.165) is 31.6 Å². The number of nitrogens with one attached hydrogen (secondary N) is 2. The molecular formula is C21H26N4O2. The van der Waals surface area contributed by atoms with Crippen molar-refractivity contribution in [3.05, 3.63) is 54.1 Å². The number of nitrogen functional groups attached to an aromatic ring is 1. The van der Waals surface area contributed by atoms with Crippen molar-refractivity contribution in [2.75, 3.05) is 36.0 Å². The third-order valence-electron chi connectivity index (χ3n) is 4.64. The molecule has 0 aromatic heterocycles. The van der Waals surface area contributed by atoms with Gasteiger partial charge in [-0.2, -0.15) is 0 Å². The van der Waals surface area contributed by atoms with Gasteiger partial charge in [-0.15, -0.1) is 0 Å². The molecule has 4 N–H and O–H groups in total. The van der Waals surface area contributed by atoms with Crippen LogP contribution in [0.4, 0.5) is 17.1 Å². The van der Waals surface area contributed by atoms with E-state index in [2.05, 4.69) is 15.5 Å². The number of anilines is 3. The van der Waals surface area contributed by atoms with Gasteiger partial charge in [0.05, 0.1) is 6.54 Å². The lowest BCUT2D eigenvalue weighted by Gasteiger charge is -2.19. The Morgan fingerprint density at radius 2 is 1.52 bits per heavy atom. The molecule has 1 fully saturated rings. The van der Waals surface area contributed by atoms with Crippen LogP contribution >= 0.6 is 0 Å². The molecule has 0 radical (unpaired) electrons. The van der Waals surface area contributed by atoms with Crippen LogP contribution in [0.2, 0.25) is 0 Å². The Labute approximate surface area is 159 Å². The van der Waals surface area contributed by atoms with Crippen molar-refractivity contribution in [1.29, 1.82) is 0 Å². The van der Waals surface area contributed by atoms with Crippen molar-refractivity contribution in [2.24, 2.45) is 0 Å². The number of likely N-dealkylation sites (tertiary alicyclic amines) is 1. The first-order valence-electron chi connectivity index (χ1n) is 9.39. The van der Waals surface area contributed by atoms with Crippen LogP contribution in [0.1, 0.15) is 36.0 Å². The topological polar surface area (TPSA) is 87.5 Å². The third-order valence-corrected chi connectivity index (χ3v) is 4.64. The lowest BCUT2D eigenvalue weighted by molar-refractivity contribution is -0.117. The number of nitrogens with zero attached hydrogens (tertiary/aromatic N) is 1. The maximum Gasteiger partial charge on any atom is 0.255 e. The Kier molecular flexibility index (Phi) is 6.44. The van der Waals surface area contributed by atoms with Crippen molar-refractivity contribution >= 4 is 28.9 Å². The van der Waals surface area contributed by atoms with E-state index in [-0.39, 0.29) is 11.8 Å². The van der Waals surface area contributed by atoms with Crippen molar-refractivity contribution < 1.29 is 9.59 Å². The number of hydrogen-bond acceptors (Lipinski definition) is 4. The van der Waals surface area contributed by atoms with Crippen LogP contribution in [0.3, 0.4) is 0 Å². The maximum absolute atomic E-state index is 12.2. The first-order chi connectivity index (χ1) is 13.1. The predicted octanol–water partition coefficient (Wildman–Crippen LogP) is 3.34. The average molecular weight is 366 g/mol. The fourth-order valence-corrected chi connectivity index (χ4v) is 3.22. The smallest absolute Gasteiger partial charge is 0.255 e. The van der Waals surface area contributed by atoms with Gasteiger partial charge in [-0.25, -0.2) is 0 Å². The van der Waals surface area contributed by atoms with Gasteiger partial charge in [0.1, 0.15) is 0 Å². The van der Waals surface area contributed by atoms with Crippen LogP contribution < -0.4 is 16.4 Å². The third kappa shape index (κ3) is 5.82. The second-order valence-corrected chi connectivity index (χ2v) is 6.90. The van der Waals surface area contributed by atoms with Crippen molar-refractivity contribution in [2.45, 2.75) is 25.7 Å². The number of carbonyl (C=O) groups is 2. The van der Waals surface area contributed by atoms with Gasteiger partial charge in [-0.1, -0.05) is 18.9 Å². The standard InChI is InChI=1S/C21H26N4O2/c22-17-7-5-6-16(14-17)21(27)24-19-10-8-18(9-11-19)23-20(26)15-25-12-3-1-2-4-13-25/h5-11,14H,1-4,12-13,15,22H2,(H,23,26)(H,24,27). The fourth-order valence-electron chi connectivity index (χ4n) is 3.22. The molecule has 2 aromatic rings. The first kappa shape index (κ1) is 18.9. The normalized spacial score (nSPS) is 15.0. The molecular weight excluding hydrogens is 340 g/mol. The van der Waals surface area contributed by atoms with Crippen molar-refractivity contribution in [1.82, 2.24) is 4.90 Å². The van der Waals surface area contributed by atoms with Crippen LogP contribution in [0.5, 0.6) is 0 Å². The number of amides is 2. The summed E-state index contributed by atoms with van der Waals surface area (Å²) in [4.78, 5) is 26.7. The van der Waals surface area contributed by atoms with Gasteiger partial charge in [0.25, 0.3) is 5.91 Å². The Hall–Kier alpha value is -2.86. The lowest BCUT2D eigenvalue weighted by Crippen LogP contribution is -2.33. The number of nitrogens with two attached hydrogens (primary N) is 1. The zero-order valence-electron chi connectivity index (χ0n) is 15.4. The summed E-state index contributed by atoms with van der Waals surface area (Å²) in [6.07, 6.45) is 4.82. The average Bonchev–Trinajstić information content (AvgIpc) is 2.92. The summed E-state index contributed by atoms with van der Waals surface area (Å²) < 4.78 is 0. The molecule has 2 aromatic carbocycles. The SMILES string of the molecule is Nc1cccc(C(=O)Nc2ccc(NC(=O)CN3CCCCCC3)cc2)c1. The molecule has 142 valence electrons. The Bertz CT molecular complexity index is 781. The summed E-state index contributed by atoms with van der Waals surface area (Å²) in [5.74, 6) is -0.228. The Morgan fingerprint density at radius 1 is 0.889 bits per heavy atom. The Morgan fingerprint density at radius 3 is 2.15 bits per heavy atom. The Balaban J connectivity index is 1.52. The molecule has 0 saturated carbocycles. The van der Waals surface area contributed by atoms with Gasteiger partial charge < -0.3 is 16.4 Å². The molecule has 6 heteroatoms. The highest BCUT2D eigenvalue weighted by Gasteiger charge is 2.13. The van der Waals surface area contributed by atoms with Gasteiger partial charge in [0.15, 0.2) is 0 Å². The van der Waals surface area contributed by atoms with Gasteiger partial charge >= 0.3 is 0 Å². The molecule has 0 atom stereocenters. The minimum Gasteiger partial charge on any atom is -0.399 e. The van der Waals surface area contributed by atoms with E-state index in [1.54, 1.807) is 48.5 Å². The largest absolute Gasteiger partial charge is 0.399 e. The quantitative estimate of drug-likeness (QED) is 0.708. The first-order valence-corrected chi connectivity index (χ1v) is 9.39. The number of carbonyl (C=O) groups excluding carboxylic acids is 2. The van der Waals surface area contributed by atoms with E-state index in [1.807, 2.05) is 0 Å². The monoisotopic (exact) mass is 366 g/mol. The van der Waals surface area contributed by atoms with Crippen LogP contribution in [-0.2, 0) is 4.79 Å². The van der Waals surface area contributed by atoms with Gasteiger partial charge in [-0.3, -0.25) is 14.5 Å². The molecule has 2 amide bonds. The summed E-state index contributed by atoms with van der Waals surface area (Å²) in [7, 11) is 0. The zero-order chi connectivity index (χ0) is 19.1. The molecule has 0 bridgehead atoms. The van der Waals surface area contributed by atoms with E-state index >= 15 is 0 Å². The van der Waals surface area contributed by atoms with Crippen LogP contribution in [0.15, 0.2) is 48.5 Å². The molecule has 0 spiro atoms. The molecule has 6 nitrogen and oxygen atoms in total. The van der Waals surface area contributed by atoms with Crippen LogP contribution in [0.25, 0.3) is 0 Å². The summed E-state index contributed by atoms with van der Waals surface area (Å²) >= 11 is 0. The molecule has 1 heterocycles. The van der Waals surface area contributed by atoms with E-state index in [4.69, 9.17) is 5.73 Å². The molecule has 27 heavy (non-hydrogen) atoms. The number of benzene rings is 2. The van der Waals surface area contributed by atoms with E-state index < -0.39 is 0 Å². The van der Waals surface area contributed by atoms with Crippen LogP contribution in [0, 0.1) is 0 Å². The second kappa shape index (κ2) is 9.19. The van der Waals surface area contributed by atoms with E-state index in [0.29, 0.717) is 23.5 Å². The number of rotatable bonds is 5. The number of hydrogen-bond donors (Lipinski definition) is 3. The van der Waals surface area contributed by atoms with Crippen LogP contribution in [-0.4, -0.2) is 36.3 Å². The summed E-state index contributed by atoms with van der Waals surface area (Å²) in [5.41, 5.74) is 8.14. The fraction of sp³-hybridized carbons (Fsp3) is 0.333. The second-order valence-electron chi connectivity index (χ2n) is 6.90. The molecule has 0 unspecified atom stereocenters. The van der Waals surface area contributed by atoms with Gasteiger partial charge in [0, 0.05) is 22.6 Å². The predicted molar refractivity (Wildman–Crippen MR) is 109 cm³/mol. The molecule has 3 rings (SSSR count). The maximum atomic E-state index is 12.2. The summed E-state index contributed by atoms with van der Waals surface area (Å²) in [6.45, 7) is 2.40. The molecule has 0 aliphatic carbocycles.